The van der Waals surface area contributed by atoms with Gasteiger partial charge >= 0.3 is 5.97 Å². The number of benzene rings is 1. The first-order chi connectivity index (χ1) is 7.13. The highest BCUT2D eigenvalue weighted by Gasteiger charge is 2.11. The maximum Gasteiger partial charge on any atom is 0.337 e. The van der Waals surface area contributed by atoms with Crippen molar-refractivity contribution >= 4 is 22.7 Å². The van der Waals surface area contributed by atoms with E-state index in [1.54, 1.807) is 18.5 Å². The van der Waals surface area contributed by atoms with E-state index in [2.05, 4.69) is 4.98 Å². The number of nitrogens with zero attached hydrogens (tertiary/aromatic N) is 2. The first-order valence-corrected chi connectivity index (χ1v) is 4.61. The molecule has 15 heavy (non-hydrogen) atoms. The Hall–Kier alpha value is -2.04. The molecule has 78 valence electrons. The van der Waals surface area contributed by atoms with Crippen LogP contribution in [-0.2, 0) is 6.54 Å². The molecular formula is C10H11N3O2. The number of aromatic nitrogens is 2. The first-order valence-electron chi connectivity index (χ1n) is 4.61. The van der Waals surface area contributed by atoms with Crippen LogP contribution in [0.5, 0.6) is 0 Å². The molecular weight excluding hydrogens is 194 g/mol. The van der Waals surface area contributed by atoms with E-state index in [9.17, 15) is 4.79 Å². The third kappa shape index (κ3) is 1.41. The molecule has 1 heterocycles. The zero-order valence-corrected chi connectivity index (χ0v) is 8.27. The molecule has 3 N–H and O–H groups in total. The van der Waals surface area contributed by atoms with E-state index in [1.807, 2.05) is 11.5 Å². The van der Waals surface area contributed by atoms with Gasteiger partial charge in [0.2, 0.25) is 0 Å². The second-order valence-electron chi connectivity index (χ2n) is 3.26. The van der Waals surface area contributed by atoms with Gasteiger partial charge in [0, 0.05) is 12.2 Å². The molecule has 0 aliphatic carbocycles. The van der Waals surface area contributed by atoms with E-state index in [1.165, 1.54) is 0 Å². The number of hydrogen-bond donors (Lipinski definition) is 2. The lowest BCUT2D eigenvalue weighted by molar-refractivity contribution is 0.0698. The van der Waals surface area contributed by atoms with Crippen molar-refractivity contribution in [1.29, 1.82) is 0 Å². The van der Waals surface area contributed by atoms with E-state index in [4.69, 9.17) is 10.8 Å². The number of imidazole rings is 1. The summed E-state index contributed by atoms with van der Waals surface area (Å²) in [4.78, 5) is 15.0. The Kier molecular flexibility index (Phi) is 2.07. The summed E-state index contributed by atoms with van der Waals surface area (Å²) in [7, 11) is 0. The lowest BCUT2D eigenvalue weighted by Gasteiger charge is -2.03. The molecule has 5 nitrogen and oxygen atoms in total. The van der Waals surface area contributed by atoms with Crippen LogP contribution in [0.3, 0.4) is 0 Å². The Balaban J connectivity index is 2.75. The number of rotatable bonds is 2. The quantitative estimate of drug-likeness (QED) is 0.725. The van der Waals surface area contributed by atoms with Crippen LogP contribution in [0.2, 0.25) is 0 Å². The van der Waals surface area contributed by atoms with Gasteiger partial charge in [-0.1, -0.05) is 0 Å². The molecule has 1 aromatic carbocycles. The highest BCUT2D eigenvalue weighted by atomic mass is 16.4. The van der Waals surface area contributed by atoms with Crippen molar-refractivity contribution in [3.05, 3.63) is 24.0 Å². The van der Waals surface area contributed by atoms with Gasteiger partial charge in [-0.25, -0.2) is 9.78 Å². The summed E-state index contributed by atoms with van der Waals surface area (Å²) in [6.45, 7) is 2.72. The van der Waals surface area contributed by atoms with Crippen LogP contribution < -0.4 is 5.73 Å². The summed E-state index contributed by atoms with van der Waals surface area (Å²) in [6.07, 6.45) is 1.68. The Morgan fingerprint density at radius 3 is 2.93 bits per heavy atom. The number of fused-ring (bicyclic) bond motifs is 1. The van der Waals surface area contributed by atoms with Crippen molar-refractivity contribution in [2.45, 2.75) is 13.5 Å². The number of aryl methyl sites for hydroxylation is 1. The zero-order valence-electron chi connectivity index (χ0n) is 8.27. The third-order valence-corrected chi connectivity index (χ3v) is 2.36. The number of nitrogen functional groups attached to an aromatic ring is 1. The molecule has 0 aliphatic heterocycles. The molecule has 0 aliphatic rings. The highest BCUT2D eigenvalue weighted by Crippen LogP contribution is 2.21. The van der Waals surface area contributed by atoms with Crippen LogP contribution in [0, 0.1) is 0 Å². The summed E-state index contributed by atoms with van der Waals surface area (Å²) >= 11 is 0. The molecule has 0 saturated heterocycles. The molecule has 0 fully saturated rings. The number of hydrogen-bond acceptors (Lipinski definition) is 3. The second kappa shape index (κ2) is 3.27. The smallest absolute Gasteiger partial charge is 0.337 e. The van der Waals surface area contributed by atoms with Gasteiger partial charge in [-0.2, -0.15) is 0 Å². The van der Waals surface area contributed by atoms with Crippen LogP contribution >= 0.6 is 0 Å². The number of nitrogens with two attached hydrogens (primary N) is 1. The third-order valence-electron chi connectivity index (χ3n) is 2.36. The topological polar surface area (TPSA) is 81.1 Å². The average molecular weight is 205 g/mol. The molecule has 0 saturated carbocycles. The predicted molar refractivity (Wildman–Crippen MR) is 56.8 cm³/mol. The van der Waals surface area contributed by atoms with E-state index in [0.29, 0.717) is 0 Å². The molecule has 2 rings (SSSR count). The maximum absolute atomic E-state index is 10.9. The second-order valence-corrected chi connectivity index (χ2v) is 3.26. The van der Waals surface area contributed by atoms with Crippen molar-refractivity contribution in [3.63, 3.8) is 0 Å². The molecule has 5 heteroatoms. The fourth-order valence-electron chi connectivity index (χ4n) is 1.56. The van der Waals surface area contributed by atoms with Gasteiger partial charge in [0.05, 0.1) is 22.9 Å². The summed E-state index contributed by atoms with van der Waals surface area (Å²) in [5.41, 5.74) is 7.49. The minimum absolute atomic E-state index is 0.123. The van der Waals surface area contributed by atoms with Gasteiger partial charge in [0.1, 0.15) is 0 Å². The largest absolute Gasteiger partial charge is 0.478 e. The average Bonchev–Trinajstić information content (AvgIpc) is 2.58. The molecule has 0 bridgehead atoms. The Labute approximate surface area is 86.1 Å². The monoisotopic (exact) mass is 205 g/mol. The van der Waals surface area contributed by atoms with E-state index in [0.717, 1.165) is 17.6 Å². The highest BCUT2D eigenvalue weighted by molar-refractivity contribution is 5.98. The number of aromatic carboxylic acids is 1. The minimum atomic E-state index is -1.02. The van der Waals surface area contributed by atoms with E-state index in [-0.39, 0.29) is 11.3 Å². The van der Waals surface area contributed by atoms with Crippen LogP contribution in [-0.4, -0.2) is 20.6 Å². The molecule has 0 unspecified atom stereocenters. The van der Waals surface area contributed by atoms with Crippen molar-refractivity contribution in [2.75, 3.05) is 5.73 Å². The van der Waals surface area contributed by atoms with Gasteiger partial charge in [0.25, 0.3) is 0 Å². The van der Waals surface area contributed by atoms with Crippen molar-refractivity contribution in [1.82, 2.24) is 9.55 Å². The molecule has 0 radical (unpaired) electrons. The Morgan fingerprint density at radius 2 is 2.33 bits per heavy atom. The zero-order chi connectivity index (χ0) is 11.0. The predicted octanol–water partition coefficient (Wildman–Crippen LogP) is 1.34. The van der Waals surface area contributed by atoms with E-state index < -0.39 is 5.97 Å². The summed E-state index contributed by atoms with van der Waals surface area (Å²) in [5, 5.41) is 8.92. The van der Waals surface area contributed by atoms with Crippen LogP contribution in [0.1, 0.15) is 17.3 Å². The van der Waals surface area contributed by atoms with Gasteiger partial charge in [0.15, 0.2) is 0 Å². The van der Waals surface area contributed by atoms with Crippen molar-refractivity contribution in [2.24, 2.45) is 0 Å². The maximum atomic E-state index is 10.9. The number of anilines is 1. The van der Waals surface area contributed by atoms with Gasteiger partial charge < -0.3 is 15.4 Å². The fraction of sp³-hybridized carbons (Fsp3) is 0.200. The number of carbonyl (C=O) groups is 1. The Morgan fingerprint density at radius 1 is 1.60 bits per heavy atom. The number of carboxylic acids is 1. The molecule has 0 spiro atoms. The van der Waals surface area contributed by atoms with Crippen molar-refractivity contribution < 1.29 is 9.90 Å². The standard InChI is InChI=1S/C10H11N3O2/c1-2-13-5-12-8-4-7(11)6(10(14)15)3-9(8)13/h3-5H,2,11H2,1H3,(H,14,15). The van der Waals surface area contributed by atoms with Gasteiger partial charge in [-0.05, 0) is 19.1 Å². The first kappa shape index (κ1) is 9.51. The fourth-order valence-corrected chi connectivity index (χ4v) is 1.56. The van der Waals surface area contributed by atoms with Crippen LogP contribution in [0.25, 0.3) is 11.0 Å². The van der Waals surface area contributed by atoms with E-state index >= 15 is 0 Å². The van der Waals surface area contributed by atoms with Crippen LogP contribution in [0.15, 0.2) is 18.5 Å². The normalized spacial score (nSPS) is 10.7. The summed E-state index contributed by atoms with van der Waals surface area (Å²) in [5.74, 6) is -1.02. The lowest BCUT2D eigenvalue weighted by Crippen LogP contribution is -2.03. The molecule has 0 amide bonds. The SMILES string of the molecule is CCn1cnc2cc(N)c(C(=O)O)cc21. The van der Waals surface area contributed by atoms with Crippen molar-refractivity contribution in [3.8, 4) is 0 Å². The summed E-state index contributed by atoms with van der Waals surface area (Å²) < 4.78 is 1.88. The molecule has 1 aromatic heterocycles. The molecule has 0 atom stereocenters. The van der Waals surface area contributed by atoms with Gasteiger partial charge in [-0.15, -0.1) is 0 Å². The number of carboxylic acid groups (broad SMARTS) is 1. The minimum Gasteiger partial charge on any atom is -0.478 e. The van der Waals surface area contributed by atoms with Gasteiger partial charge in [-0.3, -0.25) is 0 Å². The van der Waals surface area contributed by atoms with Crippen LogP contribution in [0.4, 0.5) is 5.69 Å². The lowest BCUT2D eigenvalue weighted by atomic mass is 10.1. The Bertz CT molecular complexity index is 531. The summed E-state index contributed by atoms with van der Waals surface area (Å²) in [6, 6.07) is 3.15. The molecule has 2 aromatic rings.